The van der Waals surface area contributed by atoms with Crippen LogP contribution in [0.4, 0.5) is 0 Å². The fourth-order valence-corrected chi connectivity index (χ4v) is 3.46. The molecule has 0 unspecified atom stereocenters. The minimum absolute atomic E-state index is 0.112. The van der Waals surface area contributed by atoms with Gasteiger partial charge in [0.1, 0.15) is 0 Å². The number of nitrogens with one attached hydrogen (secondary N) is 2. The minimum atomic E-state index is 0.112. The van der Waals surface area contributed by atoms with Gasteiger partial charge in [0.05, 0.1) is 0 Å². The number of amides is 1. The lowest BCUT2D eigenvalue weighted by Gasteiger charge is -2.39. The molecule has 2 fully saturated rings. The predicted molar refractivity (Wildman–Crippen MR) is 78.6 cm³/mol. The molecule has 2 saturated carbocycles. The molecule has 0 spiro atoms. The molecule has 4 nitrogen and oxygen atoms in total. The van der Waals surface area contributed by atoms with E-state index in [-0.39, 0.29) is 17.9 Å². The third-order valence-electron chi connectivity index (χ3n) is 5.08. The van der Waals surface area contributed by atoms with Crippen LogP contribution in [-0.4, -0.2) is 18.0 Å². The van der Waals surface area contributed by atoms with E-state index in [9.17, 15) is 4.79 Å². The average molecular weight is 277 g/mol. The molecule has 0 aromatic rings. The molecule has 2 rings (SSSR count). The summed E-state index contributed by atoms with van der Waals surface area (Å²) in [4.78, 5) is 12.1. The second-order valence-electron chi connectivity index (χ2n) is 7.54. The summed E-state index contributed by atoms with van der Waals surface area (Å²) in [5, 5.41) is 14.4. The van der Waals surface area contributed by atoms with Gasteiger partial charge in [-0.15, -0.1) is 0 Å². The first-order valence-electron chi connectivity index (χ1n) is 7.85. The monoisotopic (exact) mass is 277 g/mol. The molecule has 20 heavy (non-hydrogen) atoms. The van der Waals surface area contributed by atoms with Crippen molar-refractivity contribution in [3.8, 4) is 6.19 Å². The summed E-state index contributed by atoms with van der Waals surface area (Å²) >= 11 is 0. The van der Waals surface area contributed by atoms with E-state index in [1.54, 1.807) is 0 Å². The second-order valence-corrected chi connectivity index (χ2v) is 7.54. The Kier molecular flexibility index (Phi) is 4.57. The number of carbonyl (C=O) groups is 1. The molecule has 1 amide bonds. The topological polar surface area (TPSA) is 64.9 Å². The first-order valence-corrected chi connectivity index (χ1v) is 7.85. The maximum atomic E-state index is 12.1. The Labute approximate surface area is 122 Å². The Morgan fingerprint density at radius 3 is 2.20 bits per heavy atom. The van der Waals surface area contributed by atoms with Gasteiger partial charge in [-0.05, 0) is 49.9 Å². The molecule has 2 aliphatic rings. The van der Waals surface area contributed by atoms with E-state index >= 15 is 0 Å². The Balaban J connectivity index is 1.69. The molecule has 0 bridgehead atoms. The van der Waals surface area contributed by atoms with Gasteiger partial charge >= 0.3 is 0 Å². The summed E-state index contributed by atoms with van der Waals surface area (Å²) in [6.45, 7) is 6.94. The van der Waals surface area contributed by atoms with Crippen LogP contribution >= 0.6 is 0 Å². The molecule has 112 valence electrons. The van der Waals surface area contributed by atoms with E-state index in [4.69, 9.17) is 5.26 Å². The van der Waals surface area contributed by atoms with Gasteiger partial charge in [-0.3, -0.25) is 4.79 Å². The highest BCUT2D eigenvalue weighted by atomic mass is 16.2. The van der Waals surface area contributed by atoms with Crippen molar-refractivity contribution in [3.63, 3.8) is 0 Å². The van der Waals surface area contributed by atoms with Crippen LogP contribution in [0.15, 0.2) is 0 Å². The molecule has 0 saturated heterocycles. The molecular formula is C16H27N3O. The van der Waals surface area contributed by atoms with Crippen LogP contribution in [0.25, 0.3) is 0 Å². The van der Waals surface area contributed by atoms with Crippen molar-refractivity contribution in [2.24, 2.45) is 17.3 Å². The van der Waals surface area contributed by atoms with Gasteiger partial charge in [0.25, 0.3) is 0 Å². The zero-order chi connectivity index (χ0) is 14.8. The van der Waals surface area contributed by atoms with Crippen molar-refractivity contribution in [3.05, 3.63) is 0 Å². The van der Waals surface area contributed by atoms with Crippen LogP contribution in [0.2, 0.25) is 0 Å². The largest absolute Gasteiger partial charge is 0.353 e. The van der Waals surface area contributed by atoms with E-state index in [1.165, 1.54) is 12.8 Å². The fraction of sp³-hybridized carbons (Fsp3) is 0.875. The lowest BCUT2D eigenvalue weighted by atomic mass is 9.71. The quantitative estimate of drug-likeness (QED) is 0.615. The number of hydrogen-bond acceptors (Lipinski definition) is 3. The Morgan fingerprint density at radius 1 is 1.10 bits per heavy atom. The highest BCUT2D eigenvalue weighted by Crippen LogP contribution is 2.38. The van der Waals surface area contributed by atoms with Gasteiger partial charge < -0.3 is 10.6 Å². The molecule has 2 N–H and O–H groups in total. The Hall–Kier alpha value is -1.24. The van der Waals surface area contributed by atoms with E-state index in [0.29, 0.717) is 11.5 Å². The maximum absolute atomic E-state index is 12.1. The summed E-state index contributed by atoms with van der Waals surface area (Å²) in [5.41, 5.74) is 0.388. The van der Waals surface area contributed by atoms with E-state index < -0.39 is 0 Å². The number of rotatable bonds is 3. The third-order valence-corrected chi connectivity index (χ3v) is 5.08. The van der Waals surface area contributed by atoms with E-state index in [1.807, 2.05) is 6.19 Å². The second kappa shape index (κ2) is 6.03. The van der Waals surface area contributed by atoms with Crippen LogP contribution < -0.4 is 10.6 Å². The number of carbonyl (C=O) groups excluding carboxylic acids is 1. The van der Waals surface area contributed by atoms with Gasteiger partial charge in [-0.2, -0.15) is 5.26 Å². The van der Waals surface area contributed by atoms with Crippen LogP contribution in [-0.2, 0) is 4.79 Å². The SMILES string of the molecule is CC(C)(C)C1CCC(NC(=O)C2CC(NC#N)C2)CC1. The normalized spacial score (nSPS) is 33.7. The van der Waals surface area contributed by atoms with Crippen LogP contribution in [0, 0.1) is 28.7 Å². The minimum Gasteiger partial charge on any atom is -0.353 e. The number of nitrogens with zero attached hydrogens (tertiary/aromatic N) is 1. The molecule has 0 aromatic carbocycles. The molecule has 0 heterocycles. The lowest BCUT2D eigenvalue weighted by Crippen LogP contribution is -2.49. The highest BCUT2D eigenvalue weighted by molar-refractivity contribution is 5.80. The van der Waals surface area contributed by atoms with E-state index in [0.717, 1.165) is 31.6 Å². The molecular weight excluding hydrogens is 250 g/mol. The summed E-state index contributed by atoms with van der Waals surface area (Å²) < 4.78 is 0. The standard InChI is InChI=1S/C16H27N3O/c1-16(2,3)12-4-6-13(7-5-12)19-15(20)11-8-14(9-11)18-10-17/h11-14,18H,4-9H2,1-3H3,(H,19,20). The fourth-order valence-electron chi connectivity index (χ4n) is 3.46. The first kappa shape index (κ1) is 15.2. The van der Waals surface area contributed by atoms with Crippen molar-refractivity contribution >= 4 is 5.91 Å². The molecule has 0 radical (unpaired) electrons. The van der Waals surface area contributed by atoms with Gasteiger partial charge in [0.2, 0.25) is 5.91 Å². The van der Waals surface area contributed by atoms with Crippen molar-refractivity contribution in [2.45, 2.75) is 71.4 Å². The van der Waals surface area contributed by atoms with Crippen molar-refractivity contribution in [1.82, 2.24) is 10.6 Å². The Bertz CT molecular complexity index is 380. The van der Waals surface area contributed by atoms with Crippen molar-refractivity contribution in [1.29, 1.82) is 5.26 Å². The lowest BCUT2D eigenvalue weighted by molar-refractivity contribution is -0.129. The predicted octanol–water partition coefficient (Wildman–Crippen LogP) is 2.56. The van der Waals surface area contributed by atoms with Crippen molar-refractivity contribution < 1.29 is 4.79 Å². The number of hydrogen-bond donors (Lipinski definition) is 2. The third kappa shape index (κ3) is 3.65. The van der Waals surface area contributed by atoms with Gasteiger partial charge in [-0.1, -0.05) is 20.8 Å². The molecule has 4 heteroatoms. The van der Waals surface area contributed by atoms with Crippen LogP contribution in [0.1, 0.15) is 59.3 Å². The smallest absolute Gasteiger partial charge is 0.223 e. The average Bonchev–Trinajstić information content (AvgIpc) is 2.32. The number of nitriles is 1. The van der Waals surface area contributed by atoms with Crippen LogP contribution in [0.3, 0.4) is 0 Å². The van der Waals surface area contributed by atoms with Crippen molar-refractivity contribution in [2.75, 3.05) is 0 Å². The first-order chi connectivity index (χ1) is 9.40. The summed E-state index contributed by atoms with van der Waals surface area (Å²) in [6, 6.07) is 0.580. The van der Waals surface area contributed by atoms with Crippen LogP contribution in [0.5, 0.6) is 0 Å². The molecule has 0 aliphatic heterocycles. The van der Waals surface area contributed by atoms with Gasteiger partial charge in [-0.25, -0.2) is 0 Å². The zero-order valence-corrected chi connectivity index (χ0v) is 12.9. The van der Waals surface area contributed by atoms with Gasteiger partial charge in [0, 0.05) is 18.0 Å². The summed E-state index contributed by atoms with van der Waals surface area (Å²) in [5.74, 6) is 1.09. The molecule has 0 atom stereocenters. The maximum Gasteiger partial charge on any atom is 0.223 e. The van der Waals surface area contributed by atoms with Gasteiger partial charge in [0.15, 0.2) is 6.19 Å². The summed E-state index contributed by atoms with van der Waals surface area (Å²) in [7, 11) is 0. The van der Waals surface area contributed by atoms with E-state index in [2.05, 4.69) is 31.4 Å². The molecule has 2 aliphatic carbocycles. The highest BCUT2D eigenvalue weighted by Gasteiger charge is 2.36. The Morgan fingerprint density at radius 2 is 1.70 bits per heavy atom. The molecule has 0 aromatic heterocycles. The summed E-state index contributed by atoms with van der Waals surface area (Å²) in [6.07, 6.45) is 8.22. The zero-order valence-electron chi connectivity index (χ0n) is 12.9.